The maximum atomic E-state index is 5.19. The molecule has 0 saturated carbocycles. The molecule has 0 radical (unpaired) electrons. The first-order valence-electron chi connectivity index (χ1n) is 4.25. The first-order chi connectivity index (χ1) is 6.33. The first kappa shape index (κ1) is 11.0. The SMILES string of the molecule is CCOCCCNC1N=NC(=S)S1. The molecule has 74 valence electrons. The normalized spacial score (nSPS) is 21.3. The van der Waals surface area contributed by atoms with Crippen molar-refractivity contribution >= 4 is 28.3 Å². The summed E-state index contributed by atoms with van der Waals surface area (Å²) >= 11 is 6.33. The Morgan fingerprint density at radius 3 is 3.15 bits per heavy atom. The van der Waals surface area contributed by atoms with Crippen molar-refractivity contribution in [2.45, 2.75) is 18.8 Å². The Hall–Kier alpha value is -0.0400. The fourth-order valence-corrected chi connectivity index (χ4v) is 1.77. The lowest BCUT2D eigenvalue weighted by molar-refractivity contribution is 0.144. The van der Waals surface area contributed by atoms with Gasteiger partial charge in [0.1, 0.15) is 0 Å². The number of rotatable bonds is 6. The summed E-state index contributed by atoms with van der Waals surface area (Å²) in [5.41, 5.74) is 0.0223. The smallest absolute Gasteiger partial charge is 0.185 e. The Morgan fingerprint density at radius 2 is 2.54 bits per heavy atom. The molecular weight excluding hydrogens is 206 g/mol. The van der Waals surface area contributed by atoms with Gasteiger partial charge in [0.25, 0.3) is 0 Å². The summed E-state index contributed by atoms with van der Waals surface area (Å²) in [5.74, 6) is 0. The molecule has 4 nitrogen and oxygen atoms in total. The van der Waals surface area contributed by atoms with Gasteiger partial charge in [-0.15, -0.1) is 5.11 Å². The fourth-order valence-electron chi connectivity index (χ4n) is 0.869. The van der Waals surface area contributed by atoms with E-state index in [1.54, 1.807) is 0 Å². The quantitative estimate of drug-likeness (QED) is 0.546. The average Bonchev–Trinajstić information content (AvgIpc) is 2.51. The van der Waals surface area contributed by atoms with E-state index < -0.39 is 0 Å². The third kappa shape index (κ3) is 4.66. The van der Waals surface area contributed by atoms with Crippen LogP contribution in [0.2, 0.25) is 0 Å². The topological polar surface area (TPSA) is 46.0 Å². The molecular formula is C7H13N3OS2. The number of hydrogen-bond donors (Lipinski definition) is 1. The Kier molecular flexibility index (Phi) is 5.45. The molecule has 6 heteroatoms. The van der Waals surface area contributed by atoms with Gasteiger partial charge in [-0.25, -0.2) is 0 Å². The highest BCUT2D eigenvalue weighted by Gasteiger charge is 2.15. The van der Waals surface area contributed by atoms with E-state index in [0.717, 1.165) is 26.2 Å². The molecule has 1 aliphatic heterocycles. The minimum atomic E-state index is 0.0223. The van der Waals surface area contributed by atoms with Crippen molar-refractivity contribution < 1.29 is 4.74 Å². The Morgan fingerprint density at radius 1 is 1.69 bits per heavy atom. The van der Waals surface area contributed by atoms with Gasteiger partial charge in [0.05, 0.1) is 0 Å². The van der Waals surface area contributed by atoms with Crippen molar-refractivity contribution in [2.75, 3.05) is 19.8 Å². The van der Waals surface area contributed by atoms with Crippen molar-refractivity contribution in [1.82, 2.24) is 5.32 Å². The van der Waals surface area contributed by atoms with E-state index >= 15 is 0 Å². The maximum absolute atomic E-state index is 5.19. The second-order valence-electron chi connectivity index (χ2n) is 2.46. The minimum absolute atomic E-state index is 0.0223. The fraction of sp³-hybridized carbons (Fsp3) is 0.857. The number of nitrogens with one attached hydrogen (secondary N) is 1. The highest BCUT2D eigenvalue weighted by molar-refractivity contribution is 8.23. The molecule has 0 amide bonds. The summed E-state index contributed by atoms with van der Waals surface area (Å²) in [7, 11) is 0. The zero-order valence-corrected chi connectivity index (χ0v) is 9.16. The predicted molar refractivity (Wildman–Crippen MR) is 57.9 cm³/mol. The van der Waals surface area contributed by atoms with Crippen molar-refractivity contribution in [3.8, 4) is 0 Å². The van der Waals surface area contributed by atoms with Crippen LogP contribution in [0, 0.1) is 0 Å². The summed E-state index contributed by atoms with van der Waals surface area (Å²) in [6.45, 7) is 4.46. The molecule has 0 saturated heterocycles. The lowest BCUT2D eigenvalue weighted by atomic mass is 10.4. The molecule has 0 fully saturated rings. The minimum Gasteiger partial charge on any atom is -0.382 e. The van der Waals surface area contributed by atoms with Gasteiger partial charge in [0.2, 0.25) is 0 Å². The molecule has 0 aromatic heterocycles. The van der Waals surface area contributed by atoms with Gasteiger partial charge < -0.3 is 4.74 Å². The van der Waals surface area contributed by atoms with Crippen molar-refractivity contribution in [3.63, 3.8) is 0 Å². The van der Waals surface area contributed by atoms with Gasteiger partial charge in [-0.05, 0) is 37.3 Å². The third-order valence-electron chi connectivity index (χ3n) is 1.45. The maximum Gasteiger partial charge on any atom is 0.185 e. The van der Waals surface area contributed by atoms with Crippen molar-refractivity contribution in [2.24, 2.45) is 10.2 Å². The zero-order chi connectivity index (χ0) is 9.52. The van der Waals surface area contributed by atoms with E-state index in [4.69, 9.17) is 17.0 Å². The van der Waals surface area contributed by atoms with E-state index in [9.17, 15) is 0 Å². The number of hydrogen-bond acceptors (Lipinski definition) is 5. The highest BCUT2D eigenvalue weighted by atomic mass is 32.2. The zero-order valence-electron chi connectivity index (χ0n) is 7.52. The van der Waals surface area contributed by atoms with Crippen LogP contribution in [0.15, 0.2) is 10.2 Å². The predicted octanol–water partition coefficient (Wildman–Crippen LogP) is 1.77. The van der Waals surface area contributed by atoms with Gasteiger partial charge >= 0.3 is 0 Å². The summed E-state index contributed by atoms with van der Waals surface area (Å²) in [6, 6.07) is 0. The van der Waals surface area contributed by atoms with E-state index in [2.05, 4.69) is 15.5 Å². The molecule has 1 atom stereocenters. The monoisotopic (exact) mass is 219 g/mol. The number of ether oxygens (including phenoxy) is 1. The average molecular weight is 219 g/mol. The Balaban J connectivity index is 1.95. The van der Waals surface area contributed by atoms with Crippen LogP contribution in [0.25, 0.3) is 0 Å². The molecule has 0 spiro atoms. The number of thiocarbonyl (C=S) groups is 1. The van der Waals surface area contributed by atoms with Gasteiger partial charge in [0.15, 0.2) is 9.82 Å². The van der Waals surface area contributed by atoms with Gasteiger partial charge in [-0.2, -0.15) is 5.11 Å². The standard InChI is InChI=1S/C7H13N3OS2/c1-2-11-5-3-4-8-6-9-10-7(12)13-6/h6,8H,2-5H2,1H3. The van der Waals surface area contributed by atoms with Crippen LogP contribution in [0.4, 0.5) is 0 Å². The molecule has 1 unspecified atom stereocenters. The van der Waals surface area contributed by atoms with Crippen molar-refractivity contribution in [1.29, 1.82) is 0 Å². The molecule has 1 aliphatic rings. The van der Waals surface area contributed by atoms with E-state index in [-0.39, 0.29) is 5.50 Å². The van der Waals surface area contributed by atoms with Crippen LogP contribution in [-0.2, 0) is 4.74 Å². The summed E-state index contributed by atoms with van der Waals surface area (Å²) in [6.07, 6.45) is 0.993. The molecule has 1 rings (SSSR count). The Labute approximate surface area is 87.5 Å². The van der Waals surface area contributed by atoms with Crippen LogP contribution in [-0.4, -0.2) is 29.6 Å². The van der Waals surface area contributed by atoms with E-state index in [1.165, 1.54) is 11.8 Å². The van der Waals surface area contributed by atoms with Crippen LogP contribution >= 0.6 is 24.0 Å². The lowest BCUT2D eigenvalue weighted by Crippen LogP contribution is -2.24. The second kappa shape index (κ2) is 6.42. The molecule has 1 heterocycles. The van der Waals surface area contributed by atoms with Crippen LogP contribution in [0.5, 0.6) is 0 Å². The van der Waals surface area contributed by atoms with E-state index in [1.807, 2.05) is 6.92 Å². The van der Waals surface area contributed by atoms with Gasteiger partial charge in [-0.3, -0.25) is 5.32 Å². The number of azo groups is 1. The molecule has 0 aliphatic carbocycles. The van der Waals surface area contributed by atoms with Gasteiger partial charge in [-0.1, -0.05) is 0 Å². The second-order valence-corrected chi connectivity index (χ2v) is 4.17. The Bertz CT molecular complexity index is 198. The van der Waals surface area contributed by atoms with E-state index in [0.29, 0.717) is 4.32 Å². The molecule has 0 aromatic rings. The summed E-state index contributed by atoms with van der Waals surface area (Å²) < 4.78 is 5.81. The largest absolute Gasteiger partial charge is 0.382 e. The number of thioether (sulfide) groups is 1. The lowest BCUT2D eigenvalue weighted by Gasteiger charge is -2.06. The summed E-state index contributed by atoms with van der Waals surface area (Å²) in [5, 5.41) is 10.9. The highest BCUT2D eigenvalue weighted by Crippen LogP contribution is 2.20. The van der Waals surface area contributed by atoms with Crippen LogP contribution in [0.3, 0.4) is 0 Å². The molecule has 13 heavy (non-hydrogen) atoms. The molecule has 1 N–H and O–H groups in total. The first-order valence-corrected chi connectivity index (χ1v) is 5.54. The summed E-state index contributed by atoms with van der Waals surface area (Å²) in [4.78, 5) is 0. The molecule has 0 bridgehead atoms. The third-order valence-corrected chi connectivity index (χ3v) is 2.58. The van der Waals surface area contributed by atoms with Crippen molar-refractivity contribution in [3.05, 3.63) is 0 Å². The molecule has 0 aromatic carbocycles. The van der Waals surface area contributed by atoms with Crippen LogP contribution < -0.4 is 5.32 Å². The van der Waals surface area contributed by atoms with Crippen LogP contribution in [0.1, 0.15) is 13.3 Å². The number of nitrogens with zero attached hydrogens (tertiary/aromatic N) is 2. The van der Waals surface area contributed by atoms with Gasteiger partial charge in [0, 0.05) is 19.8 Å².